The van der Waals surface area contributed by atoms with Crippen LogP contribution in [0.5, 0.6) is 0 Å². The summed E-state index contributed by atoms with van der Waals surface area (Å²) in [5.41, 5.74) is 0.797. The van der Waals surface area contributed by atoms with E-state index in [-0.39, 0.29) is 12.0 Å². The van der Waals surface area contributed by atoms with Crippen LogP contribution < -0.4 is 0 Å². The third-order valence-electron chi connectivity index (χ3n) is 2.29. The maximum atomic E-state index is 6.09. The molecule has 1 heterocycles. The highest BCUT2D eigenvalue weighted by molar-refractivity contribution is 14.1. The van der Waals surface area contributed by atoms with Gasteiger partial charge in [-0.05, 0) is 28.5 Å². The first-order chi connectivity index (χ1) is 8.01. The lowest BCUT2D eigenvalue weighted by molar-refractivity contribution is 0.0568. The van der Waals surface area contributed by atoms with Crippen molar-refractivity contribution in [1.29, 1.82) is 0 Å². The molecule has 0 saturated carbocycles. The van der Waals surface area contributed by atoms with Gasteiger partial charge in [-0.3, -0.25) is 0 Å². The van der Waals surface area contributed by atoms with Crippen LogP contribution in [-0.4, -0.2) is 24.2 Å². The second-order valence-electron chi connectivity index (χ2n) is 3.97. The number of nitrogens with zero attached hydrogens (tertiary/aromatic N) is 2. The van der Waals surface area contributed by atoms with Gasteiger partial charge in [0.15, 0.2) is 5.82 Å². The summed E-state index contributed by atoms with van der Waals surface area (Å²) in [6, 6.07) is 0. The number of methoxy groups -OCH3 is 2. The van der Waals surface area contributed by atoms with Crippen LogP contribution in [0.2, 0.25) is 5.15 Å². The van der Waals surface area contributed by atoms with Gasteiger partial charge in [0.05, 0.1) is 15.9 Å². The molecule has 0 bridgehead atoms. The van der Waals surface area contributed by atoms with Crippen molar-refractivity contribution >= 4 is 34.2 Å². The van der Waals surface area contributed by atoms with Crippen molar-refractivity contribution in [2.75, 3.05) is 14.2 Å². The number of ether oxygens (including phenoxy) is 2. The first kappa shape index (κ1) is 15.1. The van der Waals surface area contributed by atoms with Crippen molar-refractivity contribution in [3.8, 4) is 0 Å². The summed E-state index contributed by atoms with van der Waals surface area (Å²) >= 11 is 8.21. The lowest BCUT2D eigenvalue weighted by Gasteiger charge is -2.19. The zero-order valence-electron chi connectivity index (χ0n) is 10.3. The molecule has 0 saturated heterocycles. The molecule has 0 fully saturated rings. The quantitative estimate of drug-likeness (QED) is 0.590. The fraction of sp³-hybridized carbons (Fsp3) is 0.636. The second-order valence-corrected chi connectivity index (χ2v) is 5.40. The summed E-state index contributed by atoms with van der Waals surface area (Å²) < 4.78 is 11.3. The number of halogens is 2. The highest BCUT2D eigenvalue weighted by Gasteiger charge is 2.21. The summed E-state index contributed by atoms with van der Waals surface area (Å²) in [6.45, 7) is 4.53. The Morgan fingerprint density at radius 1 is 1.29 bits per heavy atom. The highest BCUT2D eigenvalue weighted by Crippen LogP contribution is 2.26. The Kier molecular flexibility index (Phi) is 6.05. The zero-order chi connectivity index (χ0) is 13.0. The van der Waals surface area contributed by atoms with Gasteiger partial charge in [-0.2, -0.15) is 0 Å². The SMILES string of the molecule is COCc1nc(C(OC)C(C)C)nc(Cl)c1I. The summed E-state index contributed by atoms with van der Waals surface area (Å²) in [7, 11) is 3.28. The standard InChI is InChI=1S/C11H16ClIN2O2/c1-6(2)9(17-4)11-14-7(5-16-3)8(13)10(12)15-11/h6,9H,5H2,1-4H3. The second kappa shape index (κ2) is 6.82. The molecule has 1 rings (SSSR count). The molecule has 0 aliphatic rings. The van der Waals surface area contributed by atoms with Gasteiger partial charge < -0.3 is 9.47 Å². The minimum atomic E-state index is -0.153. The summed E-state index contributed by atoms with van der Waals surface area (Å²) in [4.78, 5) is 8.74. The molecule has 1 aromatic heterocycles. The smallest absolute Gasteiger partial charge is 0.159 e. The van der Waals surface area contributed by atoms with Crippen LogP contribution in [0.3, 0.4) is 0 Å². The van der Waals surface area contributed by atoms with Crippen molar-refractivity contribution in [2.24, 2.45) is 5.92 Å². The number of rotatable bonds is 5. The fourth-order valence-electron chi connectivity index (χ4n) is 1.52. The Labute approximate surface area is 120 Å². The Hall–Kier alpha value is 0.0200. The zero-order valence-corrected chi connectivity index (χ0v) is 13.2. The molecule has 0 aliphatic carbocycles. The topological polar surface area (TPSA) is 44.2 Å². The first-order valence-corrected chi connectivity index (χ1v) is 6.70. The van der Waals surface area contributed by atoms with E-state index in [0.29, 0.717) is 17.6 Å². The van der Waals surface area contributed by atoms with Crippen molar-refractivity contribution in [3.63, 3.8) is 0 Å². The van der Waals surface area contributed by atoms with E-state index < -0.39 is 0 Å². The molecule has 1 atom stereocenters. The number of aromatic nitrogens is 2. The van der Waals surface area contributed by atoms with E-state index in [1.807, 2.05) is 0 Å². The number of hydrogen-bond acceptors (Lipinski definition) is 4. The number of hydrogen-bond donors (Lipinski definition) is 0. The van der Waals surface area contributed by atoms with Crippen molar-refractivity contribution in [2.45, 2.75) is 26.6 Å². The fourth-order valence-corrected chi connectivity index (χ4v) is 2.11. The lowest BCUT2D eigenvalue weighted by Crippen LogP contribution is -2.15. The molecule has 0 radical (unpaired) electrons. The van der Waals surface area contributed by atoms with Gasteiger partial charge >= 0.3 is 0 Å². The van der Waals surface area contributed by atoms with Crippen molar-refractivity contribution in [3.05, 3.63) is 20.2 Å². The van der Waals surface area contributed by atoms with Gasteiger partial charge in [0.1, 0.15) is 11.3 Å². The molecule has 1 unspecified atom stereocenters. The van der Waals surface area contributed by atoms with E-state index >= 15 is 0 Å². The molecular formula is C11H16ClIN2O2. The molecule has 0 amide bonds. The van der Waals surface area contributed by atoms with Crippen LogP contribution in [0.1, 0.15) is 31.5 Å². The maximum absolute atomic E-state index is 6.09. The van der Waals surface area contributed by atoms with Gasteiger partial charge in [0.25, 0.3) is 0 Å². The largest absolute Gasteiger partial charge is 0.378 e. The summed E-state index contributed by atoms with van der Waals surface area (Å²) in [5, 5.41) is 0.449. The van der Waals surface area contributed by atoms with Gasteiger partial charge in [0.2, 0.25) is 0 Å². The Morgan fingerprint density at radius 3 is 2.41 bits per heavy atom. The lowest BCUT2D eigenvalue weighted by atomic mass is 10.1. The van der Waals surface area contributed by atoms with Crippen LogP contribution in [0.15, 0.2) is 0 Å². The molecule has 0 aromatic carbocycles. The predicted molar refractivity (Wildman–Crippen MR) is 75.1 cm³/mol. The van der Waals surface area contributed by atoms with Crippen LogP contribution in [0.25, 0.3) is 0 Å². The highest BCUT2D eigenvalue weighted by atomic mass is 127. The molecule has 1 aromatic rings. The Balaban J connectivity index is 3.16. The molecular weight excluding hydrogens is 354 g/mol. The maximum Gasteiger partial charge on any atom is 0.159 e. The normalized spacial score (nSPS) is 13.1. The van der Waals surface area contributed by atoms with E-state index in [4.69, 9.17) is 21.1 Å². The third kappa shape index (κ3) is 3.74. The Bertz CT molecular complexity index is 388. The van der Waals surface area contributed by atoms with E-state index in [1.54, 1.807) is 14.2 Å². The minimum Gasteiger partial charge on any atom is -0.378 e. The summed E-state index contributed by atoms with van der Waals surface area (Å²) in [6.07, 6.45) is -0.153. The minimum absolute atomic E-state index is 0.153. The van der Waals surface area contributed by atoms with E-state index in [1.165, 1.54) is 0 Å². The van der Waals surface area contributed by atoms with Crippen molar-refractivity contribution < 1.29 is 9.47 Å². The summed E-state index contributed by atoms with van der Waals surface area (Å²) in [5.74, 6) is 0.895. The van der Waals surface area contributed by atoms with Crippen LogP contribution in [0, 0.1) is 9.49 Å². The average molecular weight is 371 g/mol. The van der Waals surface area contributed by atoms with Crippen LogP contribution in [-0.2, 0) is 16.1 Å². The molecule has 96 valence electrons. The van der Waals surface area contributed by atoms with Crippen LogP contribution in [0.4, 0.5) is 0 Å². The van der Waals surface area contributed by atoms with E-state index in [2.05, 4.69) is 46.4 Å². The predicted octanol–water partition coefficient (Wildman–Crippen LogP) is 3.22. The van der Waals surface area contributed by atoms with Gasteiger partial charge in [-0.15, -0.1) is 0 Å². The third-order valence-corrected chi connectivity index (χ3v) is 4.02. The molecule has 4 nitrogen and oxygen atoms in total. The Morgan fingerprint density at radius 2 is 1.94 bits per heavy atom. The first-order valence-electron chi connectivity index (χ1n) is 5.24. The molecule has 0 N–H and O–H groups in total. The molecule has 6 heteroatoms. The van der Waals surface area contributed by atoms with Gasteiger partial charge in [-0.25, -0.2) is 9.97 Å². The van der Waals surface area contributed by atoms with E-state index in [0.717, 1.165) is 9.26 Å². The van der Waals surface area contributed by atoms with E-state index in [9.17, 15) is 0 Å². The average Bonchev–Trinajstić information content (AvgIpc) is 2.26. The van der Waals surface area contributed by atoms with Gasteiger partial charge in [0, 0.05) is 14.2 Å². The molecule has 17 heavy (non-hydrogen) atoms. The monoisotopic (exact) mass is 370 g/mol. The molecule has 0 spiro atoms. The van der Waals surface area contributed by atoms with Crippen molar-refractivity contribution in [1.82, 2.24) is 9.97 Å². The van der Waals surface area contributed by atoms with Crippen LogP contribution >= 0.6 is 34.2 Å². The molecule has 0 aliphatic heterocycles. The van der Waals surface area contributed by atoms with Gasteiger partial charge in [-0.1, -0.05) is 25.4 Å².